The molecule has 0 N–H and O–H groups in total. The zero-order valence-electron chi connectivity index (χ0n) is 9.47. The molecule has 1 aliphatic carbocycles. The molecule has 0 saturated carbocycles. The van der Waals surface area contributed by atoms with Gasteiger partial charge in [0.25, 0.3) is 0 Å². The lowest BCUT2D eigenvalue weighted by Gasteiger charge is -2.19. The van der Waals surface area contributed by atoms with Crippen LogP contribution in [0.1, 0.15) is 19.8 Å². The van der Waals surface area contributed by atoms with Crippen molar-refractivity contribution in [3.8, 4) is 0 Å². The van der Waals surface area contributed by atoms with Crippen LogP contribution in [0.25, 0.3) is 0 Å². The first kappa shape index (κ1) is 12.7. The maximum absolute atomic E-state index is 11.4. The summed E-state index contributed by atoms with van der Waals surface area (Å²) in [5.74, 6) is -1.24. The molecule has 5 heteroatoms. The van der Waals surface area contributed by atoms with Crippen LogP contribution in [0.15, 0.2) is 12.2 Å². The molecule has 0 aromatic heterocycles. The van der Waals surface area contributed by atoms with Gasteiger partial charge in [0.2, 0.25) is 0 Å². The number of hydrogen-bond acceptors (Lipinski definition) is 5. The highest BCUT2D eigenvalue weighted by Crippen LogP contribution is 2.24. The number of carbonyl (C=O) groups excluding carboxylic acids is 2. The third kappa shape index (κ3) is 3.34. The Morgan fingerprint density at radius 1 is 1.19 bits per heavy atom. The topological polar surface area (TPSA) is 61.8 Å². The second-order valence-corrected chi connectivity index (χ2v) is 3.50. The van der Waals surface area contributed by atoms with Gasteiger partial charge in [0, 0.05) is 0 Å². The number of ether oxygens (including phenoxy) is 1. The summed E-state index contributed by atoms with van der Waals surface area (Å²) < 4.78 is 4.89. The van der Waals surface area contributed by atoms with Crippen LogP contribution in [0.5, 0.6) is 0 Å². The summed E-state index contributed by atoms with van der Waals surface area (Å²) >= 11 is 0. The van der Waals surface area contributed by atoms with E-state index >= 15 is 0 Å². The van der Waals surface area contributed by atoms with E-state index in [1.165, 1.54) is 7.11 Å². The Balaban J connectivity index is 2.48. The number of hydrogen-bond donors (Lipinski definition) is 0. The van der Waals surface area contributed by atoms with Gasteiger partial charge in [0.15, 0.2) is 0 Å². The van der Waals surface area contributed by atoms with E-state index in [1.54, 1.807) is 19.1 Å². The predicted octanol–water partition coefficient (Wildman–Crippen LogP) is 1.24. The number of esters is 1. The maximum atomic E-state index is 11.4. The van der Waals surface area contributed by atoms with E-state index in [0.29, 0.717) is 19.4 Å². The molecule has 0 aromatic rings. The molecule has 0 spiro atoms. The largest absolute Gasteiger partial charge is 0.466 e. The van der Waals surface area contributed by atoms with E-state index in [9.17, 15) is 9.59 Å². The van der Waals surface area contributed by atoms with Crippen LogP contribution in [0.4, 0.5) is 0 Å². The minimum atomic E-state index is -0.430. The van der Waals surface area contributed by atoms with Crippen molar-refractivity contribution in [2.45, 2.75) is 19.8 Å². The lowest BCUT2D eigenvalue weighted by atomic mass is 9.89. The SMILES string of the molecule is CCOC(=O)C1C=CC(C(=O)OOC)CC1. The molecule has 0 amide bonds. The Kier molecular flexibility index (Phi) is 4.98. The van der Waals surface area contributed by atoms with Crippen LogP contribution in [0.3, 0.4) is 0 Å². The first-order valence-electron chi connectivity index (χ1n) is 5.28. The van der Waals surface area contributed by atoms with Gasteiger partial charge in [-0.1, -0.05) is 12.2 Å². The predicted molar refractivity (Wildman–Crippen MR) is 55.1 cm³/mol. The smallest absolute Gasteiger partial charge is 0.349 e. The van der Waals surface area contributed by atoms with E-state index in [0.717, 1.165) is 0 Å². The zero-order valence-corrected chi connectivity index (χ0v) is 9.47. The fourth-order valence-electron chi connectivity index (χ4n) is 1.61. The summed E-state index contributed by atoms with van der Waals surface area (Å²) in [6.45, 7) is 2.14. The summed E-state index contributed by atoms with van der Waals surface area (Å²) in [5.41, 5.74) is 0. The van der Waals surface area contributed by atoms with Gasteiger partial charge >= 0.3 is 11.9 Å². The Hall–Kier alpha value is -1.36. The zero-order chi connectivity index (χ0) is 12.0. The number of rotatable bonds is 4. The summed E-state index contributed by atoms with van der Waals surface area (Å²) in [6, 6.07) is 0. The fourth-order valence-corrected chi connectivity index (χ4v) is 1.61. The molecular formula is C11H16O5. The van der Waals surface area contributed by atoms with Crippen molar-refractivity contribution >= 4 is 11.9 Å². The first-order valence-corrected chi connectivity index (χ1v) is 5.28. The lowest BCUT2D eigenvalue weighted by Crippen LogP contribution is -2.24. The molecule has 1 rings (SSSR count). The molecule has 0 radical (unpaired) electrons. The van der Waals surface area contributed by atoms with Crippen LogP contribution in [0, 0.1) is 11.8 Å². The molecule has 1 aliphatic rings. The maximum Gasteiger partial charge on any atom is 0.349 e. The summed E-state index contributed by atoms with van der Waals surface area (Å²) in [4.78, 5) is 31.4. The molecule has 0 saturated heterocycles. The van der Waals surface area contributed by atoms with Crippen molar-refractivity contribution in [2.75, 3.05) is 13.7 Å². The van der Waals surface area contributed by atoms with Crippen molar-refractivity contribution < 1.29 is 24.1 Å². The van der Waals surface area contributed by atoms with Gasteiger partial charge < -0.3 is 4.74 Å². The van der Waals surface area contributed by atoms with E-state index in [1.807, 2.05) is 0 Å². The second kappa shape index (κ2) is 6.27. The number of carbonyl (C=O) groups is 2. The van der Waals surface area contributed by atoms with Crippen LogP contribution in [-0.2, 0) is 24.1 Å². The highest BCUT2D eigenvalue weighted by atomic mass is 17.2. The average Bonchev–Trinajstić information content (AvgIpc) is 2.30. The van der Waals surface area contributed by atoms with Crippen LogP contribution in [-0.4, -0.2) is 25.7 Å². The van der Waals surface area contributed by atoms with Crippen molar-refractivity contribution in [1.82, 2.24) is 0 Å². The molecule has 5 nitrogen and oxygen atoms in total. The molecule has 90 valence electrons. The highest BCUT2D eigenvalue weighted by molar-refractivity contribution is 5.77. The van der Waals surface area contributed by atoms with E-state index in [-0.39, 0.29) is 17.8 Å². The van der Waals surface area contributed by atoms with Gasteiger partial charge in [-0.2, -0.15) is 4.89 Å². The molecule has 0 aromatic carbocycles. The van der Waals surface area contributed by atoms with Crippen LogP contribution < -0.4 is 0 Å². The molecule has 0 bridgehead atoms. The van der Waals surface area contributed by atoms with Gasteiger partial charge in [0.1, 0.15) is 0 Å². The Bertz CT molecular complexity index is 256. The molecule has 0 fully saturated rings. The van der Waals surface area contributed by atoms with E-state index < -0.39 is 5.97 Å². The third-order valence-electron chi connectivity index (χ3n) is 2.42. The van der Waals surface area contributed by atoms with Gasteiger partial charge in [-0.25, -0.2) is 4.79 Å². The van der Waals surface area contributed by atoms with E-state index in [2.05, 4.69) is 9.78 Å². The van der Waals surface area contributed by atoms with Crippen LogP contribution in [0.2, 0.25) is 0 Å². The molecule has 2 unspecified atom stereocenters. The molecule has 0 aliphatic heterocycles. The Morgan fingerprint density at radius 2 is 1.75 bits per heavy atom. The average molecular weight is 228 g/mol. The minimum Gasteiger partial charge on any atom is -0.466 e. The lowest BCUT2D eigenvalue weighted by molar-refractivity contribution is -0.258. The van der Waals surface area contributed by atoms with Crippen molar-refractivity contribution in [3.05, 3.63) is 12.2 Å². The standard InChI is InChI=1S/C11H16O5/c1-3-15-10(12)8-4-6-9(7-5-8)11(13)16-14-2/h4,6,8-9H,3,5,7H2,1-2H3. The summed E-state index contributed by atoms with van der Waals surface area (Å²) in [6.07, 6.45) is 4.54. The summed E-state index contributed by atoms with van der Waals surface area (Å²) in [7, 11) is 1.28. The third-order valence-corrected chi connectivity index (χ3v) is 2.42. The Labute approximate surface area is 94.3 Å². The first-order chi connectivity index (χ1) is 7.69. The van der Waals surface area contributed by atoms with Crippen molar-refractivity contribution in [2.24, 2.45) is 11.8 Å². The monoisotopic (exact) mass is 228 g/mol. The van der Waals surface area contributed by atoms with Crippen molar-refractivity contribution in [1.29, 1.82) is 0 Å². The molecule has 2 atom stereocenters. The second-order valence-electron chi connectivity index (χ2n) is 3.50. The Morgan fingerprint density at radius 3 is 2.19 bits per heavy atom. The quantitative estimate of drug-likeness (QED) is 0.313. The summed E-state index contributed by atoms with van der Waals surface area (Å²) in [5, 5.41) is 0. The molecule has 16 heavy (non-hydrogen) atoms. The molecular weight excluding hydrogens is 212 g/mol. The van der Waals surface area contributed by atoms with Gasteiger partial charge in [0.05, 0.1) is 25.6 Å². The van der Waals surface area contributed by atoms with Gasteiger partial charge in [-0.15, -0.1) is 0 Å². The van der Waals surface area contributed by atoms with Gasteiger partial charge in [-0.05, 0) is 19.8 Å². The minimum absolute atomic E-state index is 0.239. The van der Waals surface area contributed by atoms with E-state index in [4.69, 9.17) is 4.74 Å². The normalized spacial score (nSPS) is 23.9. The molecule has 0 heterocycles. The van der Waals surface area contributed by atoms with Crippen LogP contribution >= 0.6 is 0 Å². The van der Waals surface area contributed by atoms with Gasteiger partial charge in [-0.3, -0.25) is 9.68 Å². The fraction of sp³-hybridized carbons (Fsp3) is 0.636. The highest BCUT2D eigenvalue weighted by Gasteiger charge is 2.27. The van der Waals surface area contributed by atoms with Crippen molar-refractivity contribution in [3.63, 3.8) is 0 Å².